The van der Waals surface area contributed by atoms with E-state index in [0.717, 1.165) is 0 Å². The SMILES string of the molecule is CC(C)(C)OC(=O)N(CCOCCN=[N+]=[N-])CCOCCC(=O)Nc1ccc2c(c1)CN(C1CCC(=O)NC1=O)C2=O. The number of imide groups is 1. The average molecular weight is 588 g/mol. The number of benzene rings is 1. The van der Waals surface area contributed by atoms with Crippen LogP contribution in [0.1, 0.15) is 56.0 Å². The van der Waals surface area contributed by atoms with Crippen molar-refractivity contribution in [2.75, 3.05) is 51.4 Å². The highest BCUT2D eigenvalue weighted by atomic mass is 16.6. The minimum absolute atomic E-state index is 0.0629. The number of ether oxygens (including phenoxy) is 3. The normalized spacial score (nSPS) is 16.4. The second-order valence-corrected chi connectivity index (χ2v) is 10.7. The largest absolute Gasteiger partial charge is 0.444 e. The molecule has 1 atom stereocenters. The molecule has 42 heavy (non-hydrogen) atoms. The highest BCUT2D eigenvalue weighted by molar-refractivity contribution is 6.05. The Bertz CT molecular complexity index is 1230. The van der Waals surface area contributed by atoms with Gasteiger partial charge in [-0.05, 0) is 56.5 Å². The van der Waals surface area contributed by atoms with Crippen molar-refractivity contribution in [2.24, 2.45) is 5.11 Å². The maximum Gasteiger partial charge on any atom is 0.410 e. The number of piperidine rings is 1. The summed E-state index contributed by atoms with van der Waals surface area (Å²) in [4.78, 5) is 67.1. The summed E-state index contributed by atoms with van der Waals surface area (Å²) >= 11 is 0. The Balaban J connectivity index is 1.42. The van der Waals surface area contributed by atoms with E-state index >= 15 is 0 Å². The Labute approximate surface area is 243 Å². The van der Waals surface area contributed by atoms with Crippen LogP contribution in [0.25, 0.3) is 10.4 Å². The molecule has 15 heteroatoms. The zero-order valence-electron chi connectivity index (χ0n) is 24.1. The van der Waals surface area contributed by atoms with Crippen LogP contribution in [0.2, 0.25) is 0 Å². The van der Waals surface area contributed by atoms with Crippen LogP contribution in [0, 0.1) is 0 Å². The van der Waals surface area contributed by atoms with E-state index in [2.05, 4.69) is 20.7 Å². The van der Waals surface area contributed by atoms with E-state index < -0.39 is 23.6 Å². The number of carbonyl (C=O) groups excluding carboxylic acids is 5. The molecule has 1 saturated heterocycles. The van der Waals surface area contributed by atoms with Crippen molar-refractivity contribution < 1.29 is 38.2 Å². The summed E-state index contributed by atoms with van der Waals surface area (Å²) in [5.41, 5.74) is 9.28. The number of carbonyl (C=O) groups is 5. The molecule has 2 aliphatic rings. The lowest BCUT2D eigenvalue weighted by atomic mass is 10.0. The van der Waals surface area contributed by atoms with Crippen LogP contribution in [-0.2, 0) is 35.1 Å². The molecule has 0 aliphatic carbocycles. The Morgan fingerprint density at radius 1 is 1.14 bits per heavy atom. The Kier molecular flexibility index (Phi) is 11.7. The van der Waals surface area contributed by atoms with Gasteiger partial charge in [-0.2, -0.15) is 0 Å². The topological polar surface area (TPSA) is 192 Å². The number of nitrogens with zero attached hydrogens (tertiary/aromatic N) is 5. The van der Waals surface area contributed by atoms with Gasteiger partial charge >= 0.3 is 6.09 Å². The highest BCUT2D eigenvalue weighted by Gasteiger charge is 2.39. The number of amides is 5. The molecule has 0 aromatic heterocycles. The molecular weight excluding hydrogens is 550 g/mol. The number of fused-ring (bicyclic) bond motifs is 1. The van der Waals surface area contributed by atoms with Crippen LogP contribution in [0.3, 0.4) is 0 Å². The van der Waals surface area contributed by atoms with Crippen molar-refractivity contribution in [1.82, 2.24) is 15.1 Å². The molecule has 0 spiro atoms. The number of anilines is 1. The summed E-state index contributed by atoms with van der Waals surface area (Å²) in [5, 5.41) is 8.44. The molecule has 2 heterocycles. The van der Waals surface area contributed by atoms with Gasteiger partial charge in [-0.25, -0.2) is 4.79 Å². The van der Waals surface area contributed by atoms with Crippen molar-refractivity contribution in [2.45, 2.75) is 58.2 Å². The molecule has 15 nitrogen and oxygen atoms in total. The van der Waals surface area contributed by atoms with Gasteiger partial charge in [0.2, 0.25) is 17.7 Å². The summed E-state index contributed by atoms with van der Waals surface area (Å²) in [6.07, 6.45) is -0.00871. The predicted octanol–water partition coefficient (Wildman–Crippen LogP) is 2.36. The molecule has 0 bridgehead atoms. The van der Waals surface area contributed by atoms with Gasteiger partial charge < -0.3 is 29.3 Å². The summed E-state index contributed by atoms with van der Waals surface area (Å²) in [7, 11) is 0. The first-order valence-electron chi connectivity index (χ1n) is 13.7. The predicted molar refractivity (Wildman–Crippen MR) is 149 cm³/mol. The summed E-state index contributed by atoms with van der Waals surface area (Å²) in [6.45, 7) is 6.91. The van der Waals surface area contributed by atoms with Crippen molar-refractivity contribution >= 4 is 35.4 Å². The van der Waals surface area contributed by atoms with Crippen molar-refractivity contribution in [3.05, 3.63) is 39.8 Å². The maximum atomic E-state index is 12.8. The molecule has 0 radical (unpaired) electrons. The zero-order valence-corrected chi connectivity index (χ0v) is 24.1. The van der Waals surface area contributed by atoms with Gasteiger partial charge in [0.15, 0.2) is 0 Å². The van der Waals surface area contributed by atoms with E-state index in [1.807, 2.05) is 0 Å². The van der Waals surface area contributed by atoms with E-state index in [1.54, 1.807) is 39.0 Å². The third kappa shape index (κ3) is 9.72. The molecule has 5 amide bonds. The number of hydrogen-bond donors (Lipinski definition) is 2. The van der Waals surface area contributed by atoms with E-state index in [0.29, 0.717) is 16.8 Å². The number of hydrogen-bond acceptors (Lipinski definition) is 9. The first-order chi connectivity index (χ1) is 20.0. The monoisotopic (exact) mass is 587 g/mol. The van der Waals surface area contributed by atoms with Gasteiger partial charge in [-0.15, -0.1) is 0 Å². The lowest BCUT2D eigenvalue weighted by Crippen LogP contribution is -2.52. The summed E-state index contributed by atoms with van der Waals surface area (Å²) in [6, 6.07) is 4.23. The third-order valence-electron chi connectivity index (χ3n) is 6.34. The molecule has 3 rings (SSSR count). The highest BCUT2D eigenvalue weighted by Crippen LogP contribution is 2.29. The molecule has 1 aromatic carbocycles. The van der Waals surface area contributed by atoms with Gasteiger partial charge in [-0.1, -0.05) is 5.11 Å². The fraction of sp³-hybridized carbons (Fsp3) is 0.593. The Hall–Kier alpha value is -4.20. The molecular formula is C27H37N7O8. The molecule has 1 aromatic rings. The number of azide groups is 1. The Morgan fingerprint density at radius 3 is 2.52 bits per heavy atom. The van der Waals surface area contributed by atoms with Gasteiger partial charge in [0.05, 0.1) is 32.8 Å². The second-order valence-electron chi connectivity index (χ2n) is 10.7. The van der Waals surface area contributed by atoms with E-state index in [-0.39, 0.29) is 89.6 Å². The average Bonchev–Trinajstić information content (AvgIpc) is 3.23. The molecule has 228 valence electrons. The van der Waals surface area contributed by atoms with Gasteiger partial charge in [0.1, 0.15) is 11.6 Å². The van der Waals surface area contributed by atoms with Crippen molar-refractivity contribution in [3.8, 4) is 0 Å². The van der Waals surface area contributed by atoms with E-state index in [1.165, 1.54) is 9.80 Å². The minimum atomic E-state index is -0.708. The van der Waals surface area contributed by atoms with Crippen LogP contribution in [-0.4, -0.2) is 97.2 Å². The minimum Gasteiger partial charge on any atom is -0.444 e. The number of rotatable bonds is 14. The van der Waals surface area contributed by atoms with Crippen LogP contribution >= 0.6 is 0 Å². The second kappa shape index (κ2) is 15.1. The van der Waals surface area contributed by atoms with Gasteiger partial charge in [-0.3, -0.25) is 24.5 Å². The summed E-state index contributed by atoms with van der Waals surface area (Å²) < 4.78 is 16.4. The molecule has 1 unspecified atom stereocenters. The zero-order chi connectivity index (χ0) is 30.7. The standard InChI is InChI=1S/C27H37N7O8/c1-27(2,3)42-26(39)33(11-15-41-13-9-29-32-28)10-14-40-12-8-23(36)30-19-4-5-20-18(16-19)17-34(25(20)38)21-6-7-22(35)31-24(21)37/h4-5,16,21H,6-15,17H2,1-3H3,(H,30,36)(H,31,35,37). The van der Waals surface area contributed by atoms with Crippen LogP contribution in [0.15, 0.2) is 23.3 Å². The van der Waals surface area contributed by atoms with Crippen molar-refractivity contribution in [3.63, 3.8) is 0 Å². The lowest BCUT2D eigenvalue weighted by Gasteiger charge is -2.29. The summed E-state index contributed by atoms with van der Waals surface area (Å²) in [5.74, 6) is -1.41. The smallest absolute Gasteiger partial charge is 0.410 e. The van der Waals surface area contributed by atoms with E-state index in [9.17, 15) is 24.0 Å². The van der Waals surface area contributed by atoms with Crippen LogP contribution in [0.4, 0.5) is 10.5 Å². The lowest BCUT2D eigenvalue weighted by molar-refractivity contribution is -0.137. The Morgan fingerprint density at radius 2 is 1.86 bits per heavy atom. The third-order valence-corrected chi connectivity index (χ3v) is 6.34. The fourth-order valence-electron chi connectivity index (χ4n) is 4.37. The van der Waals surface area contributed by atoms with Crippen LogP contribution in [0.5, 0.6) is 0 Å². The molecule has 1 fully saturated rings. The maximum absolute atomic E-state index is 12.8. The quantitative estimate of drug-likeness (QED) is 0.109. The van der Waals surface area contributed by atoms with Crippen LogP contribution < -0.4 is 10.6 Å². The first kappa shape index (κ1) is 32.3. The molecule has 2 aliphatic heterocycles. The molecule has 2 N–H and O–H groups in total. The fourth-order valence-corrected chi connectivity index (χ4v) is 4.37. The molecule has 0 saturated carbocycles. The van der Waals surface area contributed by atoms with Gasteiger partial charge in [0, 0.05) is 48.8 Å². The van der Waals surface area contributed by atoms with Gasteiger partial charge in [0.25, 0.3) is 5.91 Å². The first-order valence-corrected chi connectivity index (χ1v) is 13.7. The van der Waals surface area contributed by atoms with Crippen molar-refractivity contribution in [1.29, 1.82) is 0 Å². The van der Waals surface area contributed by atoms with E-state index in [4.69, 9.17) is 19.7 Å². The number of nitrogens with one attached hydrogen (secondary N) is 2.